The van der Waals surface area contributed by atoms with Gasteiger partial charge in [0, 0.05) is 6.20 Å². The molecule has 0 radical (unpaired) electrons. The summed E-state index contributed by atoms with van der Waals surface area (Å²) in [6, 6.07) is 0. The Morgan fingerprint density at radius 1 is 1.50 bits per heavy atom. The lowest BCUT2D eigenvalue weighted by Gasteiger charge is -2.03. The molecule has 0 saturated heterocycles. The molecule has 1 nitrogen and oxygen atoms in total. The molecule has 0 unspecified atom stereocenters. The molecule has 0 N–H and O–H groups in total. The van der Waals surface area contributed by atoms with Gasteiger partial charge in [-0.15, -0.1) is 0 Å². The zero-order valence-corrected chi connectivity index (χ0v) is 9.24. The second-order valence-electron chi connectivity index (χ2n) is 1.93. The first kappa shape index (κ1) is 10.2. The molecule has 1 heterocycles. The Bertz CT molecular complexity index is 305. The fraction of sp³-hybridized carbons (Fsp3) is 0.167. The summed E-state index contributed by atoms with van der Waals surface area (Å²) in [6.45, 7) is 0. The van der Waals surface area contributed by atoms with Crippen molar-refractivity contribution in [2.75, 3.05) is 0 Å². The maximum absolute atomic E-state index is 12.9. The van der Waals surface area contributed by atoms with E-state index in [1.165, 1.54) is 22.6 Å². The molecule has 0 atom stereocenters. The second kappa shape index (κ2) is 3.91. The third-order valence-electron chi connectivity index (χ3n) is 1.18. The molecule has 0 bridgehead atoms. The Morgan fingerprint density at radius 3 is 2.58 bits per heavy atom. The van der Waals surface area contributed by atoms with Crippen LogP contribution in [0.3, 0.4) is 0 Å². The number of hydrogen-bond acceptors (Lipinski definition) is 1. The molecule has 66 valence electrons. The van der Waals surface area contributed by atoms with Gasteiger partial charge >= 0.3 is 0 Å². The first-order valence-electron chi connectivity index (χ1n) is 2.81. The van der Waals surface area contributed by atoms with Crippen molar-refractivity contribution < 1.29 is 13.2 Å². The van der Waals surface area contributed by atoms with Crippen molar-refractivity contribution in [1.29, 1.82) is 0 Å². The van der Waals surface area contributed by atoms with Gasteiger partial charge in [-0.2, -0.15) is 0 Å². The van der Waals surface area contributed by atoms with E-state index in [9.17, 15) is 13.2 Å². The minimum atomic E-state index is -2.69. The molecule has 0 fully saturated rings. The highest BCUT2D eigenvalue weighted by Gasteiger charge is 2.17. The largest absolute Gasteiger partial charge is 0.266 e. The Labute approximate surface area is 88.6 Å². The molecule has 0 aliphatic carbocycles. The summed E-state index contributed by atoms with van der Waals surface area (Å²) in [5, 5.41) is 0. The molecule has 0 spiro atoms. The number of nitrogens with zero attached hydrogens (tertiary/aromatic N) is 1. The van der Waals surface area contributed by atoms with Crippen molar-refractivity contribution >= 4 is 38.5 Å². The average Bonchev–Trinajstić information content (AvgIpc) is 2.00. The number of pyridine rings is 1. The smallest absolute Gasteiger partial charge is 0.246 e. The Hall–Kier alpha value is 0.150. The van der Waals surface area contributed by atoms with E-state index < -0.39 is 12.2 Å². The second-order valence-corrected chi connectivity index (χ2v) is 3.76. The van der Waals surface area contributed by atoms with E-state index in [0.717, 1.165) is 6.20 Å². The van der Waals surface area contributed by atoms with Crippen LogP contribution < -0.4 is 0 Å². The van der Waals surface area contributed by atoms with Crippen molar-refractivity contribution in [1.82, 2.24) is 4.98 Å². The third-order valence-corrected chi connectivity index (χ3v) is 2.83. The van der Waals surface area contributed by atoms with Crippen LogP contribution in [0.2, 0.25) is 0 Å². The van der Waals surface area contributed by atoms with Crippen LogP contribution in [-0.2, 0) is 0 Å². The molecule has 0 amide bonds. The van der Waals surface area contributed by atoms with Crippen molar-refractivity contribution in [2.24, 2.45) is 0 Å². The lowest BCUT2D eigenvalue weighted by atomic mass is 10.3. The van der Waals surface area contributed by atoms with E-state index in [4.69, 9.17) is 0 Å². The maximum atomic E-state index is 12.9. The fourth-order valence-electron chi connectivity index (χ4n) is 0.609. The van der Waals surface area contributed by atoms with Crippen LogP contribution in [0.5, 0.6) is 0 Å². The molecule has 0 saturated carbocycles. The lowest BCUT2D eigenvalue weighted by molar-refractivity contribution is 0.149. The lowest BCUT2D eigenvalue weighted by Crippen LogP contribution is -1.96. The van der Waals surface area contributed by atoms with Crippen LogP contribution in [0.1, 0.15) is 12.0 Å². The molecule has 1 aromatic rings. The molecule has 0 aliphatic rings. The quantitative estimate of drug-likeness (QED) is 0.557. The zero-order valence-electron chi connectivity index (χ0n) is 5.49. The van der Waals surface area contributed by atoms with Gasteiger partial charge in [0.2, 0.25) is 0 Å². The summed E-state index contributed by atoms with van der Waals surface area (Å²) in [6.07, 6.45) is -1.73. The Kier molecular flexibility index (Phi) is 3.33. The highest BCUT2D eigenvalue weighted by Crippen LogP contribution is 2.28. The van der Waals surface area contributed by atoms with E-state index in [1.807, 2.05) is 0 Å². The monoisotopic (exact) mass is 351 g/mol. The van der Waals surface area contributed by atoms with E-state index in [1.54, 1.807) is 0 Å². The number of aromatic nitrogens is 1. The Balaban J connectivity index is 3.27. The first-order valence-corrected chi connectivity index (χ1v) is 4.68. The fourth-order valence-corrected chi connectivity index (χ4v) is 1.91. The summed E-state index contributed by atoms with van der Waals surface area (Å²) in [5.41, 5.74) is -0.378. The van der Waals surface area contributed by atoms with Gasteiger partial charge in [0.1, 0.15) is 4.60 Å². The summed E-state index contributed by atoms with van der Waals surface area (Å²) in [7, 11) is 0. The highest BCUT2D eigenvalue weighted by atomic mass is 127. The van der Waals surface area contributed by atoms with Gasteiger partial charge in [0.05, 0.1) is 9.13 Å². The number of hydrogen-bond donors (Lipinski definition) is 0. The molecular formula is C6H2BrF3IN. The van der Waals surface area contributed by atoms with Crippen LogP contribution in [0, 0.1) is 9.39 Å². The first-order chi connectivity index (χ1) is 5.54. The van der Waals surface area contributed by atoms with Gasteiger partial charge in [0.25, 0.3) is 6.43 Å². The number of alkyl halides is 2. The van der Waals surface area contributed by atoms with Crippen LogP contribution in [0.4, 0.5) is 13.2 Å². The van der Waals surface area contributed by atoms with Gasteiger partial charge in [-0.25, -0.2) is 18.2 Å². The van der Waals surface area contributed by atoms with Crippen LogP contribution in [0.15, 0.2) is 10.8 Å². The van der Waals surface area contributed by atoms with E-state index in [2.05, 4.69) is 20.9 Å². The van der Waals surface area contributed by atoms with Crippen molar-refractivity contribution in [3.05, 3.63) is 25.8 Å². The molecule has 0 aromatic carbocycles. The van der Waals surface area contributed by atoms with E-state index in [0.29, 0.717) is 0 Å². The average molecular weight is 352 g/mol. The van der Waals surface area contributed by atoms with E-state index >= 15 is 0 Å². The van der Waals surface area contributed by atoms with Crippen LogP contribution in [0.25, 0.3) is 0 Å². The molecular weight excluding hydrogens is 350 g/mol. The summed E-state index contributed by atoms with van der Waals surface area (Å²) < 4.78 is 37.0. The number of halogens is 5. The van der Waals surface area contributed by atoms with Crippen LogP contribution >= 0.6 is 38.5 Å². The summed E-state index contributed by atoms with van der Waals surface area (Å²) >= 11 is 4.31. The Morgan fingerprint density at radius 2 is 2.08 bits per heavy atom. The molecule has 6 heteroatoms. The van der Waals surface area contributed by atoms with E-state index in [-0.39, 0.29) is 13.7 Å². The summed E-state index contributed by atoms with van der Waals surface area (Å²) in [4.78, 5) is 3.42. The van der Waals surface area contributed by atoms with Gasteiger partial charge < -0.3 is 0 Å². The number of rotatable bonds is 1. The standard InChI is InChI=1S/C6H2BrF3IN/c7-5-3(8)4(11)2(1-12-5)6(9)10/h1,6H. The molecule has 0 aliphatic heterocycles. The van der Waals surface area contributed by atoms with Gasteiger partial charge in [-0.1, -0.05) is 0 Å². The minimum Gasteiger partial charge on any atom is -0.246 e. The zero-order chi connectivity index (χ0) is 9.30. The van der Waals surface area contributed by atoms with Crippen molar-refractivity contribution in [3.63, 3.8) is 0 Å². The predicted octanol–water partition coefficient (Wildman–Crippen LogP) is 3.53. The van der Waals surface area contributed by atoms with Gasteiger partial charge in [-0.05, 0) is 38.5 Å². The molecule has 1 aromatic heterocycles. The summed E-state index contributed by atoms with van der Waals surface area (Å²) in [5.74, 6) is -0.742. The van der Waals surface area contributed by atoms with Gasteiger partial charge in [-0.3, -0.25) is 0 Å². The molecule has 12 heavy (non-hydrogen) atoms. The maximum Gasteiger partial charge on any atom is 0.266 e. The predicted molar refractivity (Wildman–Crippen MR) is 49.6 cm³/mol. The SMILES string of the molecule is Fc1c(Br)ncc(C(F)F)c1I. The van der Waals surface area contributed by atoms with Crippen molar-refractivity contribution in [2.45, 2.75) is 6.43 Å². The minimum absolute atomic E-state index is 0.0451. The normalized spacial score (nSPS) is 10.8. The third kappa shape index (κ3) is 1.90. The van der Waals surface area contributed by atoms with Crippen molar-refractivity contribution in [3.8, 4) is 0 Å². The molecule has 1 rings (SSSR count). The van der Waals surface area contributed by atoms with Gasteiger partial charge in [0.15, 0.2) is 5.82 Å². The topological polar surface area (TPSA) is 12.9 Å². The van der Waals surface area contributed by atoms with Crippen LogP contribution in [-0.4, -0.2) is 4.98 Å². The highest BCUT2D eigenvalue weighted by molar-refractivity contribution is 14.1.